The van der Waals surface area contributed by atoms with Crippen molar-refractivity contribution >= 4 is 17.3 Å². The Morgan fingerprint density at radius 2 is 1.81 bits per heavy atom. The lowest BCUT2D eigenvalue weighted by atomic mass is 10.1. The van der Waals surface area contributed by atoms with Gasteiger partial charge in [0.2, 0.25) is 0 Å². The molecular formula is C17H20N2O2. The molecule has 0 atom stereocenters. The highest BCUT2D eigenvalue weighted by atomic mass is 16.5. The highest BCUT2D eigenvalue weighted by Crippen LogP contribution is 2.21. The van der Waals surface area contributed by atoms with Crippen LogP contribution in [0.4, 0.5) is 11.4 Å². The fourth-order valence-electron chi connectivity index (χ4n) is 2.19. The smallest absolute Gasteiger partial charge is 0.258 e. The SMILES string of the molecule is CNc1ccc(C(=O)N(C)c2ccc(OC)cc2)cc1C. The van der Waals surface area contributed by atoms with Crippen LogP contribution < -0.4 is 15.0 Å². The predicted octanol–water partition coefficient (Wildman–Crippen LogP) is 3.32. The van der Waals surface area contributed by atoms with E-state index in [1.807, 2.05) is 56.4 Å². The minimum atomic E-state index is -0.0362. The average molecular weight is 284 g/mol. The molecule has 0 bridgehead atoms. The minimum absolute atomic E-state index is 0.0362. The van der Waals surface area contributed by atoms with Crippen LogP contribution in [0.15, 0.2) is 42.5 Å². The largest absolute Gasteiger partial charge is 0.497 e. The first-order chi connectivity index (χ1) is 10.1. The Hall–Kier alpha value is -2.49. The lowest BCUT2D eigenvalue weighted by molar-refractivity contribution is 0.0993. The number of methoxy groups -OCH3 is 1. The first-order valence-corrected chi connectivity index (χ1v) is 6.77. The molecule has 0 aromatic heterocycles. The van der Waals surface area contributed by atoms with E-state index in [0.717, 1.165) is 22.7 Å². The molecule has 0 fully saturated rings. The number of ether oxygens (including phenoxy) is 1. The van der Waals surface area contributed by atoms with E-state index in [4.69, 9.17) is 4.74 Å². The van der Waals surface area contributed by atoms with Crippen LogP contribution in [-0.2, 0) is 0 Å². The standard InChI is InChI=1S/C17H20N2O2/c1-12-11-13(5-10-16(12)18-2)17(20)19(3)14-6-8-15(21-4)9-7-14/h5-11,18H,1-4H3. The van der Waals surface area contributed by atoms with Crippen molar-refractivity contribution in [2.24, 2.45) is 0 Å². The van der Waals surface area contributed by atoms with Gasteiger partial charge in [0.15, 0.2) is 0 Å². The Bertz CT molecular complexity index is 636. The second kappa shape index (κ2) is 6.31. The van der Waals surface area contributed by atoms with Gasteiger partial charge in [-0.3, -0.25) is 4.79 Å². The fraction of sp³-hybridized carbons (Fsp3) is 0.235. The van der Waals surface area contributed by atoms with E-state index in [1.54, 1.807) is 19.1 Å². The zero-order chi connectivity index (χ0) is 15.4. The van der Waals surface area contributed by atoms with E-state index in [0.29, 0.717) is 5.56 Å². The average Bonchev–Trinajstić information content (AvgIpc) is 2.53. The molecule has 0 aliphatic carbocycles. The number of hydrogen-bond acceptors (Lipinski definition) is 3. The lowest BCUT2D eigenvalue weighted by Crippen LogP contribution is -2.26. The van der Waals surface area contributed by atoms with E-state index in [-0.39, 0.29) is 5.91 Å². The van der Waals surface area contributed by atoms with E-state index in [9.17, 15) is 4.79 Å². The Morgan fingerprint density at radius 3 is 2.33 bits per heavy atom. The third-order valence-electron chi connectivity index (χ3n) is 3.51. The van der Waals surface area contributed by atoms with Gasteiger partial charge >= 0.3 is 0 Å². The van der Waals surface area contributed by atoms with Crippen molar-refractivity contribution in [3.8, 4) is 5.75 Å². The molecule has 0 radical (unpaired) electrons. The van der Waals surface area contributed by atoms with Crippen molar-refractivity contribution in [1.29, 1.82) is 0 Å². The summed E-state index contributed by atoms with van der Waals surface area (Å²) < 4.78 is 5.12. The lowest BCUT2D eigenvalue weighted by Gasteiger charge is -2.18. The Kier molecular flexibility index (Phi) is 4.48. The first kappa shape index (κ1) is 14.9. The van der Waals surface area contributed by atoms with Crippen molar-refractivity contribution in [2.45, 2.75) is 6.92 Å². The molecule has 1 N–H and O–H groups in total. The summed E-state index contributed by atoms with van der Waals surface area (Å²) >= 11 is 0. The molecular weight excluding hydrogens is 264 g/mol. The van der Waals surface area contributed by atoms with Gasteiger partial charge in [-0.2, -0.15) is 0 Å². The molecule has 0 aliphatic heterocycles. The number of aryl methyl sites for hydroxylation is 1. The molecule has 0 spiro atoms. The Balaban J connectivity index is 2.23. The summed E-state index contributed by atoms with van der Waals surface area (Å²) in [5, 5.41) is 3.10. The van der Waals surface area contributed by atoms with Crippen molar-refractivity contribution in [3.63, 3.8) is 0 Å². The summed E-state index contributed by atoms with van der Waals surface area (Å²) in [6.45, 7) is 1.98. The van der Waals surface area contributed by atoms with Gasteiger partial charge in [0, 0.05) is 31.0 Å². The van der Waals surface area contributed by atoms with Gasteiger partial charge < -0.3 is 15.0 Å². The molecule has 0 saturated heterocycles. The molecule has 2 aromatic carbocycles. The molecule has 0 aliphatic rings. The quantitative estimate of drug-likeness (QED) is 0.936. The summed E-state index contributed by atoms with van der Waals surface area (Å²) in [6, 6.07) is 13.1. The summed E-state index contributed by atoms with van der Waals surface area (Å²) in [5.74, 6) is 0.736. The molecule has 1 amide bonds. The Labute approximate surface area is 125 Å². The number of hydrogen-bond donors (Lipinski definition) is 1. The van der Waals surface area contributed by atoms with Gasteiger partial charge in [-0.1, -0.05) is 0 Å². The van der Waals surface area contributed by atoms with E-state index in [1.165, 1.54) is 0 Å². The monoisotopic (exact) mass is 284 g/mol. The van der Waals surface area contributed by atoms with Gasteiger partial charge in [0.1, 0.15) is 5.75 Å². The zero-order valence-corrected chi connectivity index (χ0v) is 12.8. The van der Waals surface area contributed by atoms with Gasteiger partial charge in [-0.05, 0) is 55.0 Å². The molecule has 4 nitrogen and oxygen atoms in total. The van der Waals surface area contributed by atoms with Crippen LogP contribution in [0.3, 0.4) is 0 Å². The number of nitrogens with zero attached hydrogens (tertiary/aromatic N) is 1. The van der Waals surface area contributed by atoms with E-state index < -0.39 is 0 Å². The highest BCUT2D eigenvalue weighted by Gasteiger charge is 2.14. The third-order valence-corrected chi connectivity index (χ3v) is 3.51. The molecule has 2 rings (SSSR count). The van der Waals surface area contributed by atoms with Gasteiger partial charge in [-0.25, -0.2) is 0 Å². The molecule has 0 heterocycles. The first-order valence-electron chi connectivity index (χ1n) is 6.77. The van der Waals surface area contributed by atoms with Crippen molar-refractivity contribution in [2.75, 3.05) is 31.4 Å². The number of anilines is 2. The number of carbonyl (C=O) groups is 1. The molecule has 110 valence electrons. The zero-order valence-electron chi connectivity index (χ0n) is 12.8. The molecule has 21 heavy (non-hydrogen) atoms. The summed E-state index contributed by atoms with van der Waals surface area (Å²) in [4.78, 5) is 14.2. The number of rotatable bonds is 4. The highest BCUT2D eigenvalue weighted by molar-refractivity contribution is 6.06. The maximum atomic E-state index is 12.5. The maximum Gasteiger partial charge on any atom is 0.258 e. The van der Waals surface area contributed by atoms with Crippen LogP contribution >= 0.6 is 0 Å². The normalized spacial score (nSPS) is 10.1. The van der Waals surface area contributed by atoms with Crippen LogP contribution in [0.1, 0.15) is 15.9 Å². The van der Waals surface area contributed by atoms with Crippen LogP contribution in [0, 0.1) is 6.92 Å². The topological polar surface area (TPSA) is 41.6 Å². The van der Waals surface area contributed by atoms with Crippen LogP contribution in [-0.4, -0.2) is 27.1 Å². The minimum Gasteiger partial charge on any atom is -0.497 e. The van der Waals surface area contributed by atoms with Gasteiger partial charge in [0.25, 0.3) is 5.91 Å². The van der Waals surface area contributed by atoms with Gasteiger partial charge in [0.05, 0.1) is 7.11 Å². The van der Waals surface area contributed by atoms with E-state index >= 15 is 0 Å². The van der Waals surface area contributed by atoms with Crippen molar-refractivity contribution in [3.05, 3.63) is 53.6 Å². The number of benzene rings is 2. The summed E-state index contributed by atoms with van der Waals surface area (Å²) in [7, 11) is 5.26. The molecule has 0 saturated carbocycles. The fourth-order valence-corrected chi connectivity index (χ4v) is 2.19. The molecule has 0 unspecified atom stereocenters. The number of carbonyl (C=O) groups excluding carboxylic acids is 1. The second-order valence-electron chi connectivity index (χ2n) is 4.84. The summed E-state index contributed by atoms with van der Waals surface area (Å²) in [5.41, 5.74) is 3.58. The van der Waals surface area contributed by atoms with Crippen LogP contribution in [0.25, 0.3) is 0 Å². The molecule has 4 heteroatoms. The third kappa shape index (κ3) is 3.16. The van der Waals surface area contributed by atoms with Crippen LogP contribution in [0.2, 0.25) is 0 Å². The van der Waals surface area contributed by atoms with Crippen molar-refractivity contribution in [1.82, 2.24) is 0 Å². The maximum absolute atomic E-state index is 12.5. The van der Waals surface area contributed by atoms with Gasteiger partial charge in [-0.15, -0.1) is 0 Å². The summed E-state index contributed by atoms with van der Waals surface area (Å²) in [6.07, 6.45) is 0. The molecule has 2 aromatic rings. The van der Waals surface area contributed by atoms with E-state index in [2.05, 4.69) is 5.32 Å². The number of amides is 1. The van der Waals surface area contributed by atoms with Crippen molar-refractivity contribution < 1.29 is 9.53 Å². The second-order valence-corrected chi connectivity index (χ2v) is 4.84. The Morgan fingerprint density at radius 1 is 1.14 bits per heavy atom. The van der Waals surface area contributed by atoms with Crippen LogP contribution in [0.5, 0.6) is 5.75 Å². The predicted molar refractivity (Wildman–Crippen MR) is 86.5 cm³/mol. The number of nitrogens with one attached hydrogen (secondary N) is 1.